The highest BCUT2D eigenvalue weighted by molar-refractivity contribution is 6.25. The van der Waals surface area contributed by atoms with E-state index in [1.54, 1.807) is 54.6 Å². The fourth-order valence-corrected chi connectivity index (χ4v) is 3.09. The van der Waals surface area contributed by atoms with Gasteiger partial charge in [-0.2, -0.15) is 0 Å². The Bertz CT molecular complexity index is 1080. The van der Waals surface area contributed by atoms with Crippen LogP contribution in [0.15, 0.2) is 103 Å². The van der Waals surface area contributed by atoms with Crippen molar-refractivity contribution < 1.29 is 14.3 Å². The Kier molecular flexibility index (Phi) is 4.27. The molecule has 0 bridgehead atoms. The molecule has 3 aromatic rings. The van der Waals surface area contributed by atoms with Gasteiger partial charge in [-0.1, -0.05) is 85.4 Å². The first-order chi connectivity index (χ1) is 13.2. The molecule has 0 saturated carbocycles. The lowest BCUT2D eigenvalue weighted by atomic mass is 9.88. The first kappa shape index (κ1) is 16.7. The summed E-state index contributed by atoms with van der Waals surface area (Å²) in [4.78, 5) is 26.3. The van der Waals surface area contributed by atoms with E-state index in [0.29, 0.717) is 28.0 Å². The van der Waals surface area contributed by atoms with Crippen LogP contribution in [0.1, 0.15) is 26.3 Å². The average Bonchev–Trinajstić information content (AvgIpc) is 2.74. The standard InChI is InChI=1S/C24H16O3/c1-16-19-14-8-9-15-20(19)27-24(23(26)18-12-6-3-7-13-18)21(16)22(25)17-10-4-2-5-11-17/h2-15H,1H2. The molecule has 0 amide bonds. The lowest BCUT2D eigenvalue weighted by molar-refractivity contribution is 0.0961. The van der Waals surface area contributed by atoms with Crippen molar-refractivity contribution in [1.29, 1.82) is 0 Å². The maximum absolute atomic E-state index is 13.2. The topological polar surface area (TPSA) is 43.4 Å². The molecule has 4 rings (SSSR count). The van der Waals surface area contributed by atoms with Crippen molar-refractivity contribution in [2.75, 3.05) is 0 Å². The van der Waals surface area contributed by atoms with Crippen molar-refractivity contribution >= 4 is 17.1 Å². The number of hydrogen-bond donors (Lipinski definition) is 0. The minimum Gasteiger partial charge on any atom is -0.452 e. The molecule has 3 heteroatoms. The SMILES string of the molecule is C=C1C(C(=O)c2ccccc2)=C(C(=O)c2ccccc2)Oc2ccccc21. The minimum absolute atomic E-state index is 0.0127. The van der Waals surface area contributed by atoms with Gasteiger partial charge in [0.2, 0.25) is 5.78 Å². The first-order valence-electron chi connectivity index (χ1n) is 8.57. The Morgan fingerprint density at radius 2 is 1.19 bits per heavy atom. The van der Waals surface area contributed by atoms with Gasteiger partial charge in [-0.15, -0.1) is 0 Å². The monoisotopic (exact) mass is 352 g/mol. The number of rotatable bonds is 4. The van der Waals surface area contributed by atoms with Gasteiger partial charge in [0.15, 0.2) is 11.5 Å². The summed E-state index contributed by atoms with van der Waals surface area (Å²) in [5.41, 5.74) is 2.34. The molecule has 0 aliphatic carbocycles. The number of Topliss-reactive ketones (excluding diaryl/α,β-unsaturated/α-hetero) is 2. The molecule has 27 heavy (non-hydrogen) atoms. The maximum Gasteiger partial charge on any atom is 0.228 e. The zero-order valence-corrected chi connectivity index (χ0v) is 14.5. The van der Waals surface area contributed by atoms with Crippen LogP contribution in [-0.4, -0.2) is 11.6 Å². The number of para-hydroxylation sites is 1. The van der Waals surface area contributed by atoms with Gasteiger partial charge in [0, 0.05) is 16.7 Å². The van der Waals surface area contributed by atoms with Gasteiger partial charge in [-0.25, -0.2) is 0 Å². The summed E-state index contributed by atoms with van der Waals surface area (Å²) in [6.07, 6.45) is 0. The predicted octanol–water partition coefficient (Wildman–Crippen LogP) is 5.11. The molecular weight excluding hydrogens is 336 g/mol. The quantitative estimate of drug-likeness (QED) is 0.613. The first-order valence-corrected chi connectivity index (χ1v) is 8.57. The Balaban J connectivity index is 1.89. The van der Waals surface area contributed by atoms with Crippen LogP contribution in [0, 0.1) is 0 Å². The van der Waals surface area contributed by atoms with E-state index < -0.39 is 0 Å². The van der Waals surface area contributed by atoms with Crippen molar-refractivity contribution in [3.8, 4) is 5.75 Å². The molecule has 0 N–H and O–H groups in total. The zero-order valence-electron chi connectivity index (χ0n) is 14.5. The number of benzene rings is 3. The van der Waals surface area contributed by atoms with Crippen LogP contribution in [0.25, 0.3) is 5.57 Å². The summed E-state index contributed by atoms with van der Waals surface area (Å²) >= 11 is 0. The summed E-state index contributed by atoms with van der Waals surface area (Å²) in [7, 11) is 0. The van der Waals surface area contributed by atoms with Gasteiger partial charge in [0.1, 0.15) is 5.75 Å². The zero-order chi connectivity index (χ0) is 18.8. The lowest BCUT2D eigenvalue weighted by Crippen LogP contribution is -2.21. The highest BCUT2D eigenvalue weighted by Gasteiger charge is 2.32. The Hall–Kier alpha value is -3.72. The summed E-state index contributed by atoms with van der Waals surface area (Å²) in [5.74, 6) is -0.0925. The third-order valence-corrected chi connectivity index (χ3v) is 4.46. The van der Waals surface area contributed by atoms with Crippen molar-refractivity contribution in [1.82, 2.24) is 0 Å². The van der Waals surface area contributed by atoms with E-state index in [4.69, 9.17) is 4.74 Å². The Morgan fingerprint density at radius 3 is 1.81 bits per heavy atom. The highest BCUT2D eigenvalue weighted by Crippen LogP contribution is 2.39. The summed E-state index contributed by atoms with van der Waals surface area (Å²) < 4.78 is 5.92. The Morgan fingerprint density at radius 1 is 0.667 bits per heavy atom. The molecule has 3 nitrogen and oxygen atoms in total. The molecule has 0 radical (unpaired) electrons. The number of ketones is 2. The molecule has 0 unspecified atom stereocenters. The van der Waals surface area contributed by atoms with Crippen LogP contribution >= 0.6 is 0 Å². The van der Waals surface area contributed by atoms with E-state index in [1.165, 1.54) is 0 Å². The molecule has 1 aliphatic heterocycles. The molecule has 3 aromatic carbocycles. The third kappa shape index (κ3) is 3.00. The molecular formula is C24H16O3. The van der Waals surface area contributed by atoms with Gasteiger partial charge in [-0.3, -0.25) is 9.59 Å². The van der Waals surface area contributed by atoms with Gasteiger partial charge in [-0.05, 0) is 11.6 Å². The van der Waals surface area contributed by atoms with Crippen molar-refractivity contribution in [2.24, 2.45) is 0 Å². The molecule has 130 valence electrons. The van der Waals surface area contributed by atoms with Crippen LogP contribution in [0.5, 0.6) is 5.75 Å². The minimum atomic E-state index is -0.342. The van der Waals surface area contributed by atoms with E-state index in [1.807, 2.05) is 30.3 Å². The van der Waals surface area contributed by atoms with Crippen molar-refractivity contribution in [3.63, 3.8) is 0 Å². The number of ether oxygens (including phenoxy) is 1. The van der Waals surface area contributed by atoms with E-state index >= 15 is 0 Å². The fourth-order valence-electron chi connectivity index (χ4n) is 3.09. The second-order valence-electron chi connectivity index (χ2n) is 6.17. The molecule has 0 fully saturated rings. The van der Waals surface area contributed by atoms with E-state index in [-0.39, 0.29) is 22.9 Å². The van der Waals surface area contributed by atoms with Crippen molar-refractivity contribution in [2.45, 2.75) is 0 Å². The fraction of sp³-hybridized carbons (Fsp3) is 0. The average molecular weight is 352 g/mol. The molecule has 1 heterocycles. The molecule has 1 aliphatic rings. The Labute approximate surface area is 157 Å². The predicted molar refractivity (Wildman–Crippen MR) is 105 cm³/mol. The maximum atomic E-state index is 13.2. The van der Waals surface area contributed by atoms with Crippen LogP contribution < -0.4 is 4.74 Å². The van der Waals surface area contributed by atoms with Crippen molar-refractivity contribution in [3.05, 3.63) is 120 Å². The number of carbonyl (C=O) groups excluding carboxylic acids is 2. The lowest BCUT2D eigenvalue weighted by Gasteiger charge is -2.24. The molecule has 0 spiro atoms. The van der Waals surface area contributed by atoms with Gasteiger partial charge >= 0.3 is 0 Å². The van der Waals surface area contributed by atoms with E-state index in [2.05, 4.69) is 6.58 Å². The van der Waals surface area contributed by atoms with Gasteiger partial charge in [0.25, 0.3) is 0 Å². The molecule has 0 atom stereocenters. The number of carbonyl (C=O) groups is 2. The highest BCUT2D eigenvalue weighted by atomic mass is 16.5. The second kappa shape index (κ2) is 6.89. The van der Waals surface area contributed by atoms with Gasteiger partial charge in [0.05, 0.1) is 5.57 Å². The summed E-state index contributed by atoms with van der Waals surface area (Å²) in [6.45, 7) is 4.10. The summed E-state index contributed by atoms with van der Waals surface area (Å²) in [5, 5.41) is 0. The van der Waals surface area contributed by atoms with Gasteiger partial charge < -0.3 is 4.74 Å². The summed E-state index contributed by atoms with van der Waals surface area (Å²) in [6, 6.07) is 24.9. The second-order valence-corrected chi connectivity index (χ2v) is 6.17. The molecule has 0 saturated heterocycles. The number of allylic oxidation sites excluding steroid dienone is 3. The van der Waals surface area contributed by atoms with E-state index in [0.717, 1.165) is 0 Å². The number of fused-ring (bicyclic) bond motifs is 1. The largest absolute Gasteiger partial charge is 0.452 e. The smallest absolute Gasteiger partial charge is 0.228 e. The van der Waals surface area contributed by atoms with Crippen LogP contribution in [0.2, 0.25) is 0 Å². The molecule has 0 aromatic heterocycles. The van der Waals surface area contributed by atoms with E-state index in [9.17, 15) is 9.59 Å². The van der Waals surface area contributed by atoms with Crippen LogP contribution in [-0.2, 0) is 0 Å². The normalized spacial score (nSPS) is 13.0. The van der Waals surface area contributed by atoms with Crippen LogP contribution in [0.3, 0.4) is 0 Å². The third-order valence-electron chi connectivity index (χ3n) is 4.46. The number of hydrogen-bond acceptors (Lipinski definition) is 3. The van der Waals surface area contributed by atoms with Crippen LogP contribution in [0.4, 0.5) is 0 Å².